The second-order valence-corrected chi connectivity index (χ2v) is 7.10. The predicted octanol–water partition coefficient (Wildman–Crippen LogP) is 3.78. The van der Waals surface area contributed by atoms with Gasteiger partial charge in [-0.3, -0.25) is 4.79 Å². The number of benzene rings is 1. The van der Waals surface area contributed by atoms with Crippen molar-refractivity contribution in [2.24, 2.45) is 0 Å². The second kappa shape index (κ2) is 6.54. The van der Waals surface area contributed by atoms with E-state index in [-0.39, 0.29) is 5.91 Å². The largest absolute Gasteiger partial charge is 0.497 e. The van der Waals surface area contributed by atoms with Crippen molar-refractivity contribution in [1.29, 1.82) is 0 Å². The van der Waals surface area contributed by atoms with E-state index in [0.717, 1.165) is 55.8 Å². The van der Waals surface area contributed by atoms with Gasteiger partial charge in [-0.25, -0.2) is 0 Å². The van der Waals surface area contributed by atoms with Crippen LogP contribution in [0.5, 0.6) is 5.75 Å². The predicted molar refractivity (Wildman–Crippen MR) is 94.5 cm³/mol. The van der Waals surface area contributed by atoms with Gasteiger partial charge in [-0.1, -0.05) is 30.1 Å². The van der Waals surface area contributed by atoms with Crippen LogP contribution in [0, 0.1) is 0 Å². The lowest BCUT2D eigenvalue weighted by Crippen LogP contribution is -2.40. The fourth-order valence-corrected chi connectivity index (χ4v) is 3.69. The van der Waals surface area contributed by atoms with E-state index in [2.05, 4.69) is 5.16 Å². The molecule has 0 unspecified atom stereocenters. The first kappa shape index (κ1) is 16.2. The number of hydrogen-bond acceptors (Lipinski definition) is 4. The maximum absolute atomic E-state index is 13.1. The Morgan fingerprint density at radius 3 is 2.60 bits per heavy atom. The third-order valence-electron chi connectivity index (χ3n) is 5.41. The summed E-state index contributed by atoms with van der Waals surface area (Å²) in [5, 5.41) is 4.26. The number of likely N-dealkylation sites (tertiary alicyclic amines) is 1. The van der Waals surface area contributed by atoms with Crippen LogP contribution in [0.4, 0.5) is 0 Å². The summed E-state index contributed by atoms with van der Waals surface area (Å²) in [5.41, 5.74) is 1.24. The van der Waals surface area contributed by atoms with E-state index < -0.39 is 5.41 Å². The summed E-state index contributed by atoms with van der Waals surface area (Å²) >= 11 is 0. The smallest absolute Gasteiger partial charge is 0.234 e. The molecule has 2 heterocycles. The molecule has 1 aliphatic heterocycles. The average molecular weight is 340 g/mol. The third-order valence-corrected chi connectivity index (χ3v) is 5.41. The number of carbonyl (C=O) groups excluding carboxylic acids is 1. The third kappa shape index (κ3) is 3.03. The standard InChI is InChI=1S/C20H24N2O3/c1-24-16-8-6-7-15(13-16)17-14-18(21-25-17)20(9-10-20)19(23)22-11-4-2-3-5-12-22/h6-8,13-14H,2-5,9-12H2,1H3. The molecule has 0 radical (unpaired) electrons. The Morgan fingerprint density at radius 2 is 1.92 bits per heavy atom. The molecule has 25 heavy (non-hydrogen) atoms. The molecule has 2 aliphatic rings. The van der Waals surface area contributed by atoms with Crippen LogP contribution in [-0.4, -0.2) is 36.2 Å². The summed E-state index contributed by atoms with van der Waals surface area (Å²) in [6.45, 7) is 1.75. The zero-order valence-electron chi connectivity index (χ0n) is 14.7. The van der Waals surface area contributed by atoms with Crippen LogP contribution in [0.2, 0.25) is 0 Å². The molecule has 1 saturated carbocycles. The summed E-state index contributed by atoms with van der Waals surface area (Å²) in [5.74, 6) is 1.70. The highest BCUT2D eigenvalue weighted by Crippen LogP contribution is 2.50. The first-order chi connectivity index (χ1) is 12.2. The van der Waals surface area contributed by atoms with E-state index in [1.807, 2.05) is 35.2 Å². The summed E-state index contributed by atoms with van der Waals surface area (Å²) in [6.07, 6.45) is 6.39. The van der Waals surface area contributed by atoms with Crippen molar-refractivity contribution in [3.8, 4) is 17.1 Å². The molecule has 1 aromatic heterocycles. The van der Waals surface area contributed by atoms with Gasteiger partial charge >= 0.3 is 0 Å². The number of carbonyl (C=O) groups is 1. The van der Waals surface area contributed by atoms with Crippen molar-refractivity contribution < 1.29 is 14.1 Å². The van der Waals surface area contributed by atoms with E-state index in [0.29, 0.717) is 5.76 Å². The number of amides is 1. The van der Waals surface area contributed by atoms with Crippen molar-refractivity contribution in [3.63, 3.8) is 0 Å². The number of ether oxygens (including phenoxy) is 1. The average Bonchev–Trinajstić information content (AvgIpc) is 3.39. The lowest BCUT2D eigenvalue weighted by atomic mass is 9.99. The second-order valence-electron chi connectivity index (χ2n) is 7.10. The molecular formula is C20H24N2O3. The Kier molecular flexibility index (Phi) is 4.24. The van der Waals surface area contributed by atoms with Crippen LogP contribution in [0.15, 0.2) is 34.9 Å². The molecule has 1 saturated heterocycles. The van der Waals surface area contributed by atoms with Crippen LogP contribution in [0.3, 0.4) is 0 Å². The lowest BCUT2D eigenvalue weighted by Gasteiger charge is -2.24. The Labute approximate surface area is 147 Å². The Bertz CT molecular complexity index is 756. The number of aromatic nitrogens is 1. The highest BCUT2D eigenvalue weighted by atomic mass is 16.5. The number of methoxy groups -OCH3 is 1. The van der Waals surface area contributed by atoms with Gasteiger partial charge in [0, 0.05) is 24.7 Å². The molecule has 0 spiro atoms. The molecule has 1 aromatic carbocycles. The van der Waals surface area contributed by atoms with Crippen molar-refractivity contribution in [2.75, 3.05) is 20.2 Å². The first-order valence-electron chi connectivity index (χ1n) is 9.14. The summed E-state index contributed by atoms with van der Waals surface area (Å²) in [6, 6.07) is 9.62. The van der Waals surface area contributed by atoms with Crippen molar-refractivity contribution in [1.82, 2.24) is 10.1 Å². The Balaban J connectivity index is 1.57. The van der Waals surface area contributed by atoms with Gasteiger partial charge in [0.15, 0.2) is 5.76 Å². The summed E-state index contributed by atoms with van der Waals surface area (Å²) in [4.78, 5) is 15.1. The molecule has 1 aliphatic carbocycles. The molecule has 0 bridgehead atoms. The van der Waals surface area contributed by atoms with Gasteiger partial charge in [0.1, 0.15) is 5.75 Å². The zero-order chi connectivity index (χ0) is 17.3. The van der Waals surface area contributed by atoms with Crippen molar-refractivity contribution in [2.45, 2.75) is 43.9 Å². The quantitative estimate of drug-likeness (QED) is 0.850. The Morgan fingerprint density at radius 1 is 1.16 bits per heavy atom. The van der Waals surface area contributed by atoms with Crippen molar-refractivity contribution >= 4 is 5.91 Å². The molecule has 0 atom stereocenters. The van der Waals surface area contributed by atoms with Crippen molar-refractivity contribution in [3.05, 3.63) is 36.0 Å². The van der Waals surface area contributed by atoms with E-state index in [1.54, 1.807) is 7.11 Å². The molecule has 1 amide bonds. The fourth-order valence-electron chi connectivity index (χ4n) is 3.69. The molecule has 5 nitrogen and oxygen atoms in total. The van der Waals surface area contributed by atoms with Gasteiger partial charge in [-0.05, 0) is 37.8 Å². The minimum absolute atomic E-state index is 0.236. The minimum Gasteiger partial charge on any atom is -0.497 e. The van der Waals surface area contributed by atoms with Crippen LogP contribution < -0.4 is 4.74 Å². The number of nitrogens with zero attached hydrogens (tertiary/aromatic N) is 2. The van der Waals surface area contributed by atoms with E-state index >= 15 is 0 Å². The Hall–Kier alpha value is -2.30. The monoisotopic (exact) mass is 340 g/mol. The van der Waals surface area contributed by atoms with Gasteiger partial charge in [0.2, 0.25) is 5.91 Å². The molecule has 132 valence electrons. The SMILES string of the molecule is COc1cccc(-c2cc(C3(C(=O)N4CCCCCC4)CC3)no2)c1. The topological polar surface area (TPSA) is 55.6 Å². The van der Waals surface area contributed by atoms with Crippen LogP contribution in [-0.2, 0) is 10.2 Å². The van der Waals surface area contributed by atoms with Crippen LogP contribution >= 0.6 is 0 Å². The molecule has 5 heteroatoms. The van der Waals surface area contributed by atoms with Gasteiger partial charge in [0.25, 0.3) is 0 Å². The summed E-state index contributed by atoms with van der Waals surface area (Å²) < 4.78 is 10.8. The molecular weight excluding hydrogens is 316 g/mol. The van der Waals surface area contributed by atoms with Gasteiger partial charge in [-0.2, -0.15) is 0 Å². The fraction of sp³-hybridized carbons (Fsp3) is 0.500. The normalized spacial score (nSPS) is 19.3. The minimum atomic E-state index is -0.453. The van der Waals surface area contributed by atoms with E-state index in [4.69, 9.17) is 9.26 Å². The highest BCUT2D eigenvalue weighted by molar-refractivity contribution is 5.91. The van der Waals surface area contributed by atoms with Gasteiger partial charge < -0.3 is 14.2 Å². The van der Waals surface area contributed by atoms with E-state index in [1.165, 1.54) is 12.8 Å². The molecule has 0 N–H and O–H groups in total. The zero-order valence-corrected chi connectivity index (χ0v) is 14.7. The number of rotatable bonds is 4. The first-order valence-corrected chi connectivity index (χ1v) is 9.14. The van der Waals surface area contributed by atoms with E-state index in [9.17, 15) is 4.79 Å². The molecule has 4 rings (SSSR count). The van der Waals surface area contributed by atoms with Gasteiger partial charge in [-0.15, -0.1) is 0 Å². The lowest BCUT2D eigenvalue weighted by molar-refractivity contribution is -0.134. The summed E-state index contributed by atoms with van der Waals surface area (Å²) in [7, 11) is 1.64. The molecule has 2 fully saturated rings. The van der Waals surface area contributed by atoms with Crippen LogP contribution in [0.25, 0.3) is 11.3 Å². The highest BCUT2D eigenvalue weighted by Gasteiger charge is 2.55. The maximum atomic E-state index is 13.1. The van der Waals surface area contributed by atoms with Crippen LogP contribution in [0.1, 0.15) is 44.2 Å². The van der Waals surface area contributed by atoms with Gasteiger partial charge in [0.05, 0.1) is 18.2 Å². The number of hydrogen-bond donors (Lipinski definition) is 0. The maximum Gasteiger partial charge on any atom is 0.234 e. The molecule has 2 aromatic rings.